The topological polar surface area (TPSA) is 84.7 Å². The van der Waals surface area contributed by atoms with Gasteiger partial charge in [-0.1, -0.05) is 0 Å². The summed E-state index contributed by atoms with van der Waals surface area (Å²) < 4.78 is 32.4. The van der Waals surface area contributed by atoms with Crippen LogP contribution in [0.15, 0.2) is 12.3 Å². The van der Waals surface area contributed by atoms with Crippen LogP contribution in [0.5, 0.6) is 0 Å². The Morgan fingerprint density at radius 2 is 2.00 bits per heavy atom. The Bertz CT molecular complexity index is 620. The van der Waals surface area contributed by atoms with Gasteiger partial charge in [0, 0.05) is 52.4 Å². The van der Waals surface area contributed by atoms with E-state index >= 15 is 0 Å². The Kier molecular flexibility index (Phi) is 6.14. The Morgan fingerprint density at radius 1 is 1.30 bits per heavy atom. The number of aromatic nitrogens is 2. The highest BCUT2D eigenvalue weighted by Crippen LogP contribution is 2.12. The summed E-state index contributed by atoms with van der Waals surface area (Å²) in [7, 11) is -0.0955. The quantitative estimate of drug-likeness (QED) is 0.638. The predicted molar refractivity (Wildman–Crippen MR) is 85.1 cm³/mol. The number of hydrogen-bond acceptors (Lipinski definition) is 6. The van der Waals surface area contributed by atoms with Crippen LogP contribution in [-0.4, -0.2) is 72.4 Å². The Balaban J connectivity index is 1.78. The molecule has 0 bridgehead atoms. The van der Waals surface area contributed by atoms with Crippen LogP contribution in [0, 0.1) is 0 Å². The van der Waals surface area contributed by atoms with Gasteiger partial charge in [-0.25, -0.2) is 8.42 Å². The molecule has 0 radical (unpaired) electrons. The Hall–Kier alpha value is -1.45. The lowest BCUT2D eigenvalue weighted by Crippen LogP contribution is -2.49. The average Bonchev–Trinajstić information content (AvgIpc) is 2.92. The molecule has 0 unspecified atom stereocenters. The molecule has 2 heterocycles. The first-order valence-electron chi connectivity index (χ1n) is 7.66. The van der Waals surface area contributed by atoms with E-state index in [2.05, 4.69) is 14.7 Å². The van der Waals surface area contributed by atoms with Crippen molar-refractivity contribution in [3.8, 4) is 0 Å². The first-order chi connectivity index (χ1) is 10.9. The van der Waals surface area contributed by atoms with Gasteiger partial charge in [-0.15, -0.1) is 0 Å². The highest BCUT2D eigenvalue weighted by atomic mass is 32.2. The molecule has 1 saturated heterocycles. The van der Waals surface area contributed by atoms with E-state index in [4.69, 9.17) is 0 Å². The van der Waals surface area contributed by atoms with Gasteiger partial charge >= 0.3 is 5.97 Å². The summed E-state index contributed by atoms with van der Waals surface area (Å²) in [5.74, 6) is -0.384. The van der Waals surface area contributed by atoms with Gasteiger partial charge in [0.1, 0.15) is 0 Å². The minimum absolute atomic E-state index is 0.0101. The van der Waals surface area contributed by atoms with Gasteiger partial charge in [-0.2, -0.15) is 9.40 Å². The third kappa shape index (κ3) is 5.02. The molecule has 1 aliphatic heterocycles. The number of hydrogen-bond donors (Lipinski definition) is 0. The number of piperazine rings is 1. The molecule has 1 aliphatic rings. The fraction of sp³-hybridized carbons (Fsp3) is 0.714. The van der Waals surface area contributed by atoms with Gasteiger partial charge in [-0.05, 0) is 12.5 Å². The maximum Gasteiger partial charge on any atom is 0.305 e. The molecular formula is C14H24N4O4S. The molecule has 1 aromatic heterocycles. The second-order valence-electron chi connectivity index (χ2n) is 5.62. The van der Waals surface area contributed by atoms with Crippen LogP contribution in [-0.2, 0) is 33.1 Å². The largest absolute Gasteiger partial charge is 0.469 e. The maximum absolute atomic E-state index is 12.3. The van der Waals surface area contributed by atoms with Gasteiger partial charge in [0.05, 0.1) is 18.6 Å². The van der Waals surface area contributed by atoms with Crippen molar-refractivity contribution in [1.29, 1.82) is 0 Å². The summed E-state index contributed by atoms with van der Waals surface area (Å²) in [4.78, 5) is 13.3. The standard InChI is InChI=1S/C14H24N4O4S/c1-16-13(5-6-15-16)12-17-7-9-18(10-8-17)23(20,21)11-3-4-14(19)22-2/h5-6H,3-4,7-12H2,1-2H3. The fourth-order valence-corrected chi connectivity index (χ4v) is 4.07. The van der Waals surface area contributed by atoms with Crippen LogP contribution in [0.3, 0.4) is 0 Å². The van der Waals surface area contributed by atoms with E-state index in [1.807, 2.05) is 17.8 Å². The molecule has 9 heteroatoms. The SMILES string of the molecule is COC(=O)CCCS(=O)(=O)N1CCN(Cc2ccnn2C)CC1. The fourth-order valence-electron chi connectivity index (χ4n) is 2.58. The molecular weight excluding hydrogens is 320 g/mol. The van der Waals surface area contributed by atoms with Crippen LogP contribution < -0.4 is 0 Å². The molecule has 23 heavy (non-hydrogen) atoms. The summed E-state index contributed by atoms with van der Waals surface area (Å²) in [5, 5.41) is 4.14. The predicted octanol–water partition coefficient (Wildman–Crippen LogP) is -0.179. The third-order valence-electron chi connectivity index (χ3n) is 4.04. The van der Waals surface area contributed by atoms with Crippen LogP contribution in [0.1, 0.15) is 18.5 Å². The normalized spacial score (nSPS) is 17.3. The second kappa shape index (κ2) is 7.89. The molecule has 0 spiro atoms. The van der Waals surface area contributed by atoms with Crippen molar-refractivity contribution < 1.29 is 17.9 Å². The molecule has 0 atom stereocenters. The van der Waals surface area contributed by atoms with E-state index in [0.29, 0.717) is 32.6 Å². The number of esters is 1. The van der Waals surface area contributed by atoms with E-state index in [0.717, 1.165) is 12.2 Å². The monoisotopic (exact) mass is 344 g/mol. The number of carbonyl (C=O) groups is 1. The van der Waals surface area contributed by atoms with E-state index in [-0.39, 0.29) is 18.1 Å². The molecule has 0 aromatic carbocycles. The zero-order valence-corrected chi connectivity index (χ0v) is 14.5. The molecule has 0 saturated carbocycles. The summed E-state index contributed by atoms with van der Waals surface area (Å²) in [6.45, 7) is 3.13. The highest BCUT2D eigenvalue weighted by Gasteiger charge is 2.27. The molecule has 0 amide bonds. The Labute approximate surface area is 137 Å². The molecule has 1 fully saturated rings. The number of ether oxygens (including phenoxy) is 1. The molecule has 2 rings (SSSR count). The van der Waals surface area contributed by atoms with Gasteiger partial charge in [-0.3, -0.25) is 14.4 Å². The van der Waals surface area contributed by atoms with Crippen molar-refractivity contribution in [2.24, 2.45) is 7.05 Å². The number of nitrogens with zero attached hydrogens (tertiary/aromatic N) is 4. The lowest BCUT2D eigenvalue weighted by molar-refractivity contribution is -0.140. The summed E-state index contributed by atoms with van der Waals surface area (Å²) in [5.41, 5.74) is 1.11. The Morgan fingerprint density at radius 3 is 2.57 bits per heavy atom. The van der Waals surface area contributed by atoms with Gasteiger partial charge in [0.25, 0.3) is 0 Å². The molecule has 130 valence electrons. The number of carbonyl (C=O) groups excluding carboxylic acids is 1. The van der Waals surface area contributed by atoms with Crippen molar-refractivity contribution in [3.05, 3.63) is 18.0 Å². The average molecular weight is 344 g/mol. The lowest BCUT2D eigenvalue weighted by atomic mass is 10.3. The van der Waals surface area contributed by atoms with Crippen LogP contribution in [0.4, 0.5) is 0 Å². The summed E-state index contributed by atoms with van der Waals surface area (Å²) >= 11 is 0. The number of rotatable bonds is 7. The summed E-state index contributed by atoms with van der Waals surface area (Å²) in [6.07, 6.45) is 2.19. The summed E-state index contributed by atoms with van der Waals surface area (Å²) in [6, 6.07) is 1.97. The van der Waals surface area contributed by atoms with E-state index in [9.17, 15) is 13.2 Å². The van der Waals surface area contributed by atoms with E-state index in [1.165, 1.54) is 11.4 Å². The number of aryl methyl sites for hydroxylation is 1. The molecule has 0 aliphatic carbocycles. The van der Waals surface area contributed by atoms with Crippen molar-refractivity contribution >= 4 is 16.0 Å². The smallest absolute Gasteiger partial charge is 0.305 e. The highest BCUT2D eigenvalue weighted by molar-refractivity contribution is 7.89. The minimum atomic E-state index is -3.30. The zero-order chi connectivity index (χ0) is 16.9. The van der Waals surface area contributed by atoms with E-state index < -0.39 is 10.0 Å². The number of methoxy groups -OCH3 is 1. The van der Waals surface area contributed by atoms with Gasteiger partial charge in [0.2, 0.25) is 10.0 Å². The van der Waals surface area contributed by atoms with Crippen LogP contribution in [0.25, 0.3) is 0 Å². The molecule has 1 aromatic rings. The third-order valence-corrected chi connectivity index (χ3v) is 6.00. The zero-order valence-electron chi connectivity index (χ0n) is 13.6. The first-order valence-corrected chi connectivity index (χ1v) is 9.27. The van der Waals surface area contributed by atoms with Crippen molar-refractivity contribution in [2.45, 2.75) is 19.4 Å². The van der Waals surface area contributed by atoms with Crippen LogP contribution >= 0.6 is 0 Å². The first kappa shape index (κ1) is 17.9. The van der Waals surface area contributed by atoms with Crippen molar-refractivity contribution in [1.82, 2.24) is 19.0 Å². The lowest BCUT2D eigenvalue weighted by Gasteiger charge is -2.33. The second-order valence-corrected chi connectivity index (χ2v) is 7.71. The van der Waals surface area contributed by atoms with Gasteiger partial charge in [0.15, 0.2) is 0 Å². The van der Waals surface area contributed by atoms with Crippen molar-refractivity contribution in [3.63, 3.8) is 0 Å². The molecule has 0 N–H and O–H groups in total. The maximum atomic E-state index is 12.3. The van der Waals surface area contributed by atoms with Gasteiger partial charge < -0.3 is 4.74 Å². The molecule has 8 nitrogen and oxygen atoms in total. The number of sulfonamides is 1. The van der Waals surface area contributed by atoms with Crippen LogP contribution in [0.2, 0.25) is 0 Å². The minimum Gasteiger partial charge on any atom is -0.469 e. The van der Waals surface area contributed by atoms with E-state index in [1.54, 1.807) is 6.20 Å². The van der Waals surface area contributed by atoms with Crippen molar-refractivity contribution in [2.75, 3.05) is 39.0 Å².